The van der Waals surface area contributed by atoms with Crippen molar-refractivity contribution in [1.29, 1.82) is 0 Å². The van der Waals surface area contributed by atoms with Crippen molar-refractivity contribution < 1.29 is 4.74 Å². The standard InChI is InChI=1S/C17H29N3O/c1-5-21-16-7-6-8-20(12-16)17-14(4)9-15(11-19-17)10-18-13(2)3/h9,11,13,16,18H,5-8,10,12H2,1-4H3. The lowest BCUT2D eigenvalue weighted by Gasteiger charge is -2.34. The predicted octanol–water partition coefficient (Wildman–Crippen LogP) is 2.89. The summed E-state index contributed by atoms with van der Waals surface area (Å²) >= 11 is 0. The van der Waals surface area contributed by atoms with Crippen molar-refractivity contribution in [3.05, 3.63) is 23.4 Å². The van der Waals surface area contributed by atoms with E-state index < -0.39 is 0 Å². The van der Waals surface area contributed by atoms with Crippen LogP contribution in [0.2, 0.25) is 0 Å². The maximum absolute atomic E-state index is 5.78. The number of piperidine rings is 1. The van der Waals surface area contributed by atoms with Crippen molar-refractivity contribution >= 4 is 5.82 Å². The van der Waals surface area contributed by atoms with Gasteiger partial charge < -0.3 is 15.0 Å². The summed E-state index contributed by atoms with van der Waals surface area (Å²) in [7, 11) is 0. The Morgan fingerprint density at radius 2 is 2.29 bits per heavy atom. The monoisotopic (exact) mass is 291 g/mol. The first-order chi connectivity index (χ1) is 10.1. The normalized spacial score (nSPS) is 19.3. The maximum Gasteiger partial charge on any atom is 0.131 e. The third-order valence-electron chi connectivity index (χ3n) is 3.90. The summed E-state index contributed by atoms with van der Waals surface area (Å²) in [6.07, 6.45) is 4.71. The Hall–Kier alpha value is -1.13. The first-order valence-corrected chi connectivity index (χ1v) is 8.15. The Morgan fingerprint density at radius 1 is 1.48 bits per heavy atom. The largest absolute Gasteiger partial charge is 0.377 e. The Morgan fingerprint density at radius 3 is 2.95 bits per heavy atom. The molecule has 1 saturated heterocycles. The molecule has 1 aliphatic rings. The summed E-state index contributed by atoms with van der Waals surface area (Å²) < 4.78 is 5.78. The quantitative estimate of drug-likeness (QED) is 0.874. The van der Waals surface area contributed by atoms with Gasteiger partial charge in [-0.2, -0.15) is 0 Å². The van der Waals surface area contributed by atoms with Crippen LogP contribution in [0.15, 0.2) is 12.3 Å². The number of aryl methyl sites for hydroxylation is 1. The van der Waals surface area contributed by atoms with E-state index in [4.69, 9.17) is 9.72 Å². The second kappa shape index (κ2) is 7.76. The number of ether oxygens (including phenoxy) is 1. The molecule has 0 amide bonds. The molecule has 1 aromatic rings. The summed E-state index contributed by atoms with van der Waals surface area (Å²) in [6.45, 7) is 12.3. The highest BCUT2D eigenvalue weighted by Crippen LogP contribution is 2.23. The molecule has 1 aliphatic heterocycles. The van der Waals surface area contributed by atoms with Gasteiger partial charge in [-0.1, -0.05) is 13.8 Å². The Bertz CT molecular complexity index is 446. The molecule has 4 heteroatoms. The zero-order chi connectivity index (χ0) is 15.2. The Labute approximate surface area is 128 Å². The van der Waals surface area contributed by atoms with Gasteiger partial charge in [0.15, 0.2) is 0 Å². The minimum Gasteiger partial charge on any atom is -0.377 e. The van der Waals surface area contributed by atoms with Crippen LogP contribution in [-0.4, -0.2) is 36.8 Å². The summed E-state index contributed by atoms with van der Waals surface area (Å²) in [6, 6.07) is 2.75. The number of nitrogens with zero attached hydrogens (tertiary/aromatic N) is 2. The Kier molecular flexibility index (Phi) is 6.00. The van der Waals surface area contributed by atoms with Crippen molar-refractivity contribution in [2.75, 3.05) is 24.6 Å². The zero-order valence-electron chi connectivity index (χ0n) is 13.9. The molecule has 21 heavy (non-hydrogen) atoms. The third kappa shape index (κ3) is 4.68. The van der Waals surface area contributed by atoms with Crippen LogP contribution in [0, 0.1) is 6.92 Å². The van der Waals surface area contributed by atoms with E-state index in [1.165, 1.54) is 24.0 Å². The van der Waals surface area contributed by atoms with Gasteiger partial charge in [0.1, 0.15) is 5.82 Å². The maximum atomic E-state index is 5.78. The molecule has 2 rings (SSSR count). The molecule has 4 nitrogen and oxygen atoms in total. The molecule has 0 saturated carbocycles. The van der Waals surface area contributed by atoms with Gasteiger partial charge in [0.25, 0.3) is 0 Å². The van der Waals surface area contributed by atoms with Crippen LogP contribution < -0.4 is 10.2 Å². The van der Waals surface area contributed by atoms with Gasteiger partial charge in [-0.05, 0) is 43.9 Å². The van der Waals surface area contributed by atoms with Crippen LogP contribution in [0.3, 0.4) is 0 Å². The fourth-order valence-electron chi connectivity index (χ4n) is 2.88. The van der Waals surface area contributed by atoms with Crippen LogP contribution in [0.5, 0.6) is 0 Å². The van der Waals surface area contributed by atoms with Crippen molar-refractivity contribution in [3.8, 4) is 0 Å². The smallest absolute Gasteiger partial charge is 0.131 e. The number of hydrogen-bond acceptors (Lipinski definition) is 4. The van der Waals surface area contributed by atoms with Gasteiger partial charge in [0, 0.05) is 38.5 Å². The van der Waals surface area contributed by atoms with Crippen LogP contribution in [0.25, 0.3) is 0 Å². The van der Waals surface area contributed by atoms with Gasteiger partial charge in [0.2, 0.25) is 0 Å². The molecule has 2 heterocycles. The molecule has 0 aliphatic carbocycles. The zero-order valence-corrected chi connectivity index (χ0v) is 13.9. The molecule has 0 radical (unpaired) electrons. The van der Waals surface area contributed by atoms with Crippen LogP contribution in [0.4, 0.5) is 5.82 Å². The number of rotatable bonds is 6. The predicted molar refractivity (Wildman–Crippen MR) is 87.8 cm³/mol. The van der Waals surface area contributed by atoms with Crippen LogP contribution in [0.1, 0.15) is 44.7 Å². The summed E-state index contributed by atoms with van der Waals surface area (Å²) in [5.41, 5.74) is 2.51. The molecule has 0 aromatic carbocycles. The van der Waals surface area contributed by atoms with E-state index in [-0.39, 0.29) is 0 Å². The minimum absolute atomic E-state index is 0.354. The number of nitrogens with one attached hydrogen (secondary N) is 1. The molecule has 0 spiro atoms. The van der Waals surface area contributed by atoms with Crippen molar-refractivity contribution in [2.24, 2.45) is 0 Å². The first-order valence-electron chi connectivity index (χ1n) is 8.15. The molecule has 0 bridgehead atoms. The molecule has 1 atom stereocenters. The summed E-state index contributed by atoms with van der Waals surface area (Å²) in [5.74, 6) is 1.12. The third-order valence-corrected chi connectivity index (χ3v) is 3.90. The summed E-state index contributed by atoms with van der Waals surface area (Å²) in [5, 5.41) is 3.44. The highest BCUT2D eigenvalue weighted by Gasteiger charge is 2.22. The highest BCUT2D eigenvalue weighted by atomic mass is 16.5. The summed E-state index contributed by atoms with van der Waals surface area (Å²) in [4.78, 5) is 7.08. The second-order valence-corrected chi connectivity index (χ2v) is 6.19. The highest BCUT2D eigenvalue weighted by molar-refractivity contribution is 5.47. The lowest BCUT2D eigenvalue weighted by Crippen LogP contribution is -2.40. The molecule has 1 unspecified atom stereocenters. The Balaban J connectivity index is 2.02. The molecule has 118 valence electrons. The number of hydrogen-bond donors (Lipinski definition) is 1. The second-order valence-electron chi connectivity index (χ2n) is 6.19. The number of aromatic nitrogens is 1. The lowest BCUT2D eigenvalue weighted by molar-refractivity contribution is 0.0525. The van der Waals surface area contributed by atoms with E-state index in [0.29, 0.717) is 12.1 Å². The molecular weight excluding hydrogens is 262 g/mol. The average molecular weight is 291 g/mol. The van der Waals surface area contributed by atoms with Crippen molar-refractivity contribution in [2.45, 2.75) is 59.2 Å². The number of anilines is 1. The average Bonchev–Trinajstić information content (AvgIpc) is 2.46. The van der Waals surface area contributed by atoms with E-state index in [2.05, 4.69) is 44.0 Å². The van der Waals surface area contributed by atoms with Gasteiger partial charge >= 0.3 is 0 Å². The molecule has 1 fully saturated rings. The van der Waals surface area contributed by atoms with Gasteiger partial charge in [0.05, 0.1) is 6.10 Å². The first kappa shape index (κ1) is 16.2. The minimum atomic E-state index is 0.354. The topological polar surface area (TPSA) is 37.4 Å². The van der Waals surface area contributed by atoms with E-state index in [9.17, 15) is 0 Å². The fourth-order valence-corrected chi connectivity index (χ4v) is 2.88. The van der Waals surface area contributed by atoms with Crippen LogP contribution in [-0.2, 0) is 11.3 Å². The number of pyridine rings is 1. The molecule has 1 aromatic heterocycles. The van der Waals surface area contributed by atoms with Gasteiger partial charge in [-0.15, -0.1) is 0 Å². The van der Waals surface area contributed by atoms with E-state index in [0.717, 1.165) is 32.1 Å². The van der Waals surface area contributed by atoms with Gasteiger partial charge in [-0.3, -0.25) is 0 Å². The molecular formula is C17H29N3O. The van der Waals surface area contributed by atoms with Crippen LogP contribution >= 0.6 is 0 Å². The van der Waals surface area contributed by atoms with E-state index in [1.54, 1.807) is 0 Å². The van der Waals surface area contributed by atoms with E-state index >= 15 is 0 Å². The lowest BCUT2D eigenvalue weighted by atomic mass is 10.1. The van der Waals surface area contributed by atoms with Crippen molar-refractivity contribution in [3.63, 3.8) is 0 Å². The van der Waals surface area contributed by atoms with Gasteiger partial charge in [-0.25, -0.2) is 4.98 Å². The van der Waals surface area contributed by atoms with E-state index in [1.807, 2.05) is 6.20 Å². The fraction of sp³-hybridized carbons (Fsp3) is 0.706. The SMILES string of the molecule is CCOC1CCCN(c2ncc(CNC(C)C)cc2C)C1. The van der Waals surface area contributed by atoms with Crippen molar-refractivity contribution in [1.82, 2.24) is 10.3 Å². The molecule has 1 N–H and O–H groups in total.